The highest BCUT2D eigenvalue weighted by Crippen LogP contribution is 2.30. The van der Waals surface area contributed by atoms with Gasteiger partial charge in [0.25, 0.3) is 5.91 Å². The van der Waals surface area contributed by atoms with Crippen LogP contribution in [0, 0.1) is 6.92 Å². The molecule has 0 unspecified atom stereocenters. The van der Waals surface area contributed by atoms with Crippen molar-refractivity contribution in [3.8, 4) is 0 Å². The summed E-state index contributed by atoms with van der Waals surface area (Å²) in [5.41, 5.74) is 3.90. The largest absolute Gasteiger partial charge is 0.378 e. The maximum absolute atomic E-state index is 12.6. The van der Waals surface area contributed by atoms with E-state index >= 15 is 0 Å². The maximum Gasteiger partial charge on any atom is 0.253 e. The van der Waals surface area contributed by atoms with Crippen LogP contribution in [0.2, 0.25) is 0 Å². The van der Waals surface area contributed by atoms with E-state index in [9.17, 15) is 4.79 Å². The van der Waals surface area contributed by atoms with Crippen LogP contribution in [0.1, 0.15) is 28.8 Å². The fourth-order valence-electron chi connectivity index (χ4n) is 4.18. The van der Waals surface area contributed by atoms with Gasteiger partial charge in [-0.15, -0.1) is 0 Å². The minimum Gasteiger partial charge on any atom is -0.378 e. The molecule has 7 nitrogen and oxygen atoms in total. The summed E-state index contributed by atoms with van der Waals surface area (Å²) in [7, 11) is 0. The lowest BCUT2D eigenvalue weighted by Crippen LogP contribution is -2.36. The SMILES string of the molecule is Cc1cnc(Nc2ccc(N3CCOCC3)cc2)nc1Sc1ccc(C(=O)N2CCCC2)cc1. The first kappa shape index (κ1) is 22.7. The van der Waals surface area contributed by atoms with E-state index in [4.69, 9.17) is 9.72 Å². The Morgan fingerprint density at radius 2 is 1.68 bits per heavy atom. The van der Waals surface area contributed by atoms with Crippen LogP contribution in [-0.4, -0.2) is 60.2 Å². The molecular weight excluding hydrogens is 446 g/mol. The highest BCUT2D eigenvalue weighted by atomic mass is 32.2. The molecule has 176 valence electrons. The quantitative estimate of drug-likeness (QED) is 0.516. The van der Waals surface area contributed by atoms with Gasteiger partial charge in [-0.2, -0.15) is 0 Å². The Labute approximate surface area is 204 Å². The lowest BCUT2D eigenvalue weighted by Gasteiger charge is -2.28. The molecule has 3 aromatic rings. The third-order valence-corrected chi connectivity index (χ3v) is 7.25. The van der Waals surface area contributed by atoms with Crippen LogP contribution in [0.5, 0.6) is 0 Å². The molecule has 0 saturated carbocycles. The highest BCUT2D eigenvalue weighted by Gasteiger charge is 2.19. The second-order valence-electron chi connectivity index (χ2n) is 8.58. The fraction of sp³-hybridized carbons (Fsp3) is 0.346. The van der Waals surface area contributed by atoms with Crippen molar-refractivity contribution < 1.29 is 9.53 Å². The summed E-state index contributed by atoms with van der Waals surface area (Å²) in [6, 6.07) is 16.1. The molecule has 2 aromatic carbocycles. The van der Waals surface area contributed by atoms with Gasteiger partial charge in [0.2, 0.25) is 5.95 Å². The smallest absolute Gasteiger partial charge is 0.253 e. The van der Waals surface area contributed by atoms with Crippen LogP contribution in [-0.2, 0) is 4.74 Å². The van der Waals surface area contributed by atoms with E-state index < -0.39 is 0 Å². The van der Waals surface area contributed by atoms with Crippen molar-refractivity contribution in [2.75, 3.05) is 49.6 Å². The molecule has 2 saturated heterocycles. The number of carbonyl (C=O) groups is 1. The third kappa shape index (κ3) is 5.34. The zero-order valence-electron chi connectivity index (χ0n) is 19.4. The Hall–Kier alpha value is -3.10. The van der Waals surface area contributed by atoms with Crippen LogP contribution < -0.4 is 10.2 Å². The monoisotopic (exact) mass is 475 g/mol. The zero-order valence-corrected chi connectivity index (χ0v) is 20.2. The number of morpholine rings is 1. The number of anilines is 3. The molecule has 0 bridgehead atoms. The van der Waals surface area contributed by atoms with Gasteiger partial charge in [0, 0.05) is 59.8 Å². The molecule has 0 spiro atoms. The summed E-state index contributed by atoms with van der Waals surface area (Å²) in [6.07, 6.45) is 4.03. The summed E-state index contributed by atoms with van der Waals surface area (Å²) in [6.45, 7) is 7.12. The van der Waals surface area contributed by atoms with Gasteiger partial charge in [-0.1, -0.05) is 11.8 Å². The number of carbonyl (C=O) groups excluding carboxylic acids is 1. The Kier molecular flexibility index (Phi) is 6.97. The molecule has 8 heteroatoms. The van der Waals surface area contributed by atoms with Crippen LogP contribution in [0.15, 0.2) is 64.6 Å². The van der Waals surface area contributed by atoms with Crippen LogP contribution in [0.25, 0.3) is 0 Å². The van der Waals surface area contributed by atoms with E-state index in [0.29, 0.717) is 5.95 Å². The van der Waals surface area contributed by atoms with E-state index in [1.165, 1.54) is 5.69 Å². The number of ether oxygens (including phenoxy) is 1. The number of likely N-dealkylation sites (tertiary alicyclic amines) is 1. The van der Waals surface area contributed by atoms with Gasteiger partial charge in [0.1, 0.15) is 5.03 Å². The second-order valence-corrected chi connectivity index (χ2v) is 9.64. The molecule has 0 atom stereocenters. The number of aromatic nitrogens is 2. The number of nitrogens with zero attached hydrogens (tertiary/aromatic N) is 4. The number of rotatable bonds is 6. The normalized spacial score (nSPS) is 16.0. The number of benzene rings is 2. The summed E-state index contributed by atoms with van der Waals surface area (Å²) in [4.78, 5) is 27.1. The predicted molar refractivity (Wildman–Crippen MR) is 135 cm³/mol. The first-order valence-electron chi connectivity index (χ1n) is 11.8. The Morgan fingerprint density at radius 3 is 2.38 bits per heavy atom. The van der Waals surface area contributed by atoms with E-state index in [1.807, 2.05) is 42.3 Å². The molecule has 0 aliphatic carbocycles. The summed E-state index contributed by atoms with van der Waals surface area (Å²) < 4.78 is 5.44. The fourth-order valence-corrected chi connectivity index (χ4v) is 5.02. The van der Waals surface area contributed by atoms with Crippen molar-refractivity contribution in [3.05, 3.63) is 65.9 Å². The third-order valence-electron chi connectivity index (χ3n) is 6.13. The van der Waals surface area contributed by atoms with E-state index in [2.05, 4.69) is 39.5 Å². The van der Waals surface area contributed by atoms with Crippen molar-refractivity contribution in [2.45, 2.75) is 29.7 Å². The van der Waals surface area contributed by atoms with Crippen molar-refractivity contribution in [3.63, 3.8) is 0 Å². The highest BCUT2D eigenvalue weighted by molar-refractivity contribution is 7.99. The molecular formula is C26H29N5O2S. The average molecular weight is 476 g/mol. The summed E-state index contributed by atoms with van der Waals surface area (Å²) >= 11 is 1.58. The van der Waals surface area contributed by atoms with E-state index in [0.717, 1.165) is 79.0 Å². The van der Waals surface area contributed by atoms with E-state index in [1.54, 1.807) is 11.8 Å². The van der Waals surface area contributed by atoms with Crippen molar-refractivity contribution >= 4 is 35.0 Å². The topological polar surface area (TPSA) is 70.6 Å². The van der Waals surface area contributed by atoms with Gasteiger partial charge < -0.3 is 19.9 Å². The molecule has 5 rings (SSSR count). The molecule has 3 heterocycles. The number of nitrogens with one attached hydrogen (secondary N) is 1. The number of hydrogen-bond acceptors (Lipinski definition) is 7. The van der Waals surface area contributed by atoms with Gasteiger partial charge in [-0.25, -0.2) is 9.97 Å². The Balaban J connectivity index is 1.24. The second kappa shape index (κ2) is 10.4. The van der Waals surface area contributed by atoms with E-state index in [-0.39, 0.29) is 5.91 Å². The molecule has 2 aliphatic rings. The van der Waals surface area contributed by atoms with Gasteiger partial charge >= 0.3 is 0 Å². The number of aryl methyl sites for hydroxylation is 1. The lowest BCUT2D eigenvalue weighted by molar-refractivity contribution is 0.0792. The number of hydrogen-bond donors (Lipinski definition) is 1. The van der Waals surface area contributed by atoms with Crippen LogP contribution in [0.3, 0.4) is 0 Å². The first-order chi connectivity index (χ1) is 16.7. The van der Waals surface area contributed by atoms with Gasteiger partial charge in [0.15, 0.2) is 0 Å². The molecule has 1 amide bonds. The minimum atomic E-state index is 0.124. The summed E-state index contributed by atoms with van der Waals surface area (Å²) in [5, 5.41) is 4.20. The molecule has 1 aromatic heterocycles. The molecule has 2 aliphatic heterocycles. The molecule has 2 fully saturated rings. The molecule has 0 radical (unpaired) electrons. The first-order valence-corrected chi connectivity index (χ1v) is 12.6. The van der Waals surface area contributed by atoms with Gasteiger partial charge in [0.05, 0.1) is 13.2 Å². The Bertz CT molecular complexity index is 1120. The minimum absolute atomic E-state index is 0.124. The molecule has 34 heavy (non-hydrogen) atoms. The lowest BCUT2D eigenvalue weighted by atomic mass is 10.2. The summed E-state index contributed by atoms with van der Waals surface area (Å²) in [5.74, 6) is 0.687. The van der Waals surface area contributed by atoms with Crippen molar-refractivity contribution in [1.82, 2.24) is 14.9 Å². The van der Waals surface area contributed by atoms with Crippen LogP contribution in [0.4, 0.5) is 17.3 Å². The zero-order chi connectivity index (χ0) is 23.3. The van der Waals surface area contributed by atoms with Gasteiger partial charge in [-0.05, 0) is 68.3 Å². The average Bonchev–Trinajstić information content (AvgIpc) is 3.42. The van der Waals surface area contributed by atoms with Gasteiger partial charge in [-0.3, -0.25) is 4.79 Å². The van der Waals surface area contributed by atoms with Crippen molar-refractivity contribution in [1.29, 1.82) is 0 Å². The maximum atomic E-state index is 12.6. The van der Waals surface area contributed by atoms with Crippen molar-refractivity contribution in [2.24, 2.45) is 0 Å². The van der Waals surface area contributed by atoms with Crippen LogP contribution >= 0.6 is 11.8 Å². The predicted octanol–water partition coefficient (Wildman–Crippen LogP) is 4.75. The standard InChI is InChI=1S/C26H29N5O2S/c1-19-18-27-26(28-21-6-8-22(9-7-21)30-14-16-33-17-15-30)29-24(19)34-23-10-4-20(5-11-23)25(32)31-12-2-3-13-31/h4-11,18H,2-3,12-17H2,1H3,(H,27,28,29). The Morgan fingerprint density at radius 1 is 0.971 bits per heavy atom. The molecule has 1 N–H and O–H groups in total. The number of amides is 1.